The molecule has 0 saturated heterocycles. The third kappa shape index (κ3) is 5.71. The molecule has 0 radical (unpaired) electrons. The lowest BCUT2D eigenvalue weighted by Crippen LogP contribution is -2.08. The first-order valence-electron chi connectivity index (χ1n) is 6.11. The molecule has 0 saturated carbocycles. The molecular formula is C14H22O3. The molecule has 0 aliphatic heterocycles. The molecule has 0 bridgehead atoms. The Labute approximate surface area is 103 Å². The molecule has 0 aromatic heterocycles. The van der Waals surface area contributed by atoms with E-state index in [1.54, 1.807) is 7.11 Å². The van der Waals surface area contributed by atoms with Crippen LogP contribution in [0.3, 0.4) is 0 Å². The Kier molecular flexibility index (Phi) is 6.67. The predicted molar refractivity (Wildman–Crippen MR) is 68.2 cm³/mol. The van der Waals surface area contributed by atoms with Crippen molar-refractivity contribution < 1.29 is 14.6 Å². The summed E-state index contributed by atoms with van der Waals surface area (Å²) in [6, 6.07) is 7.91. The second-order valence-corrected chi connectivity index (χ2v) is 4.19. The SMILES string of the molecule is COc1ccc(CO[C@@H](C)CCCCO)cc1. The fourth-order valence-electron chi connectivity index (χ4n) is 1.59. The van der Waals surface area contributed by atoms with Crippen molar-refractivity contribution in [1.82, 2.24) is 0 Å². The summed E-state index contributed by atoms with van der Waals surface area (Å²) < 4.78 is 10.8. The number of rotatable bonds is 8. The Morgan fingerprint density at radius 3 is 2.47 bits per heavy atom. The van der Waals surface area contributed by atoms with Crippen LogP contribution in [0.5, 0.6) is 5.75 Å². The molecule has 0 spiro atoms. The maximum Gasteiger partial charge on any atom is 0.118 e. The summed E-state index contributed by atoms with van der Waals surface area (Å²) in [7, 11) is 1.66. The van der Waals surface area contributed by atoms with Gasteiger partial charge in [-0.25, -0.2) is 0 Å². The quantitative estimate of drug-likeness (QED) is 0.708. The minimum absolute atomic E-state index is 0.239. The van der Waals surface area contributed by atoms with Gasteiger partial charge in [-0.3, -0.25) is 0 Å². The van der Waals surface area contributed by atoms with Gasteiger partial charge in [-0.05, 0) is 43.9 Å². The van der Waals surface area contributed by atoms with Gasteiger partial charge in [-0.1, -0.05) is 12.1 Å². The largest absolute Gasteiger partial charge is 0.497 e. The number of ether oxygens (including phenoxy) is 2. The first kappa shape index (κ1) is 14.0. The van der Waals surface area contributed by atoms with Gasteiger partial charge in [0.05, 0.1) is 19.8 Å². The molecule has 1 aromatic rings. The molecule has 0 aliphatic rings. The number of hydrogen-bond acceptors (Lipinski definition) is 3. The van der Waals surface area contributed by atoms with Gasteiger partial charge in [0, 0.05) is 6.61 Å². The average molecular weight is 238 g/mol. The van der Waals surface area contributed by atoms with E-state index in [4.69, 9.17) is 14.6 Å². The molecule has 0 fully saturated rings. The van der Waals surface area contributed by atoms with E-state index in [1.807, 2.05) is 24.3 Å². The lowest BCUT2D eigenvalue weighted by Gasteiger charge is -2.12. The van der Waals surface area contributed by atoms with Gasteiger partial charge >= 0.3 is 0 Å². The van der Waals surface area contributed by atoms with Crippen molar-refractivity contribution in [2.24, 2.45) is 0 Å². The Hall–Kier alpha value is -1.06. The Morgan fingerprint density at radius 1 is 1.18 bits per heavy atom. The van der Waals surface area contributed by atoms with Gasteiger partial charge in [-0.2, -0.15) is 0 Å². The molecule has 1 atom stereocenters. The van der Waals surface area contributed by atoms with Crippen molar-refractivity contribution in [3.05, 3.63) is 29.8 Å². The van der Waals surface area contributed by atoms with Crippen LogP contribution >= 0.6 is 0 Å². The van der Waals surface area contributed by atoms with Crippen molar-refractivity contribution >= 4 is 0 Å². The third-order valence-corrected chi connectivity index (χ3v) is 2.71. The molecule has 0 heterocycles. The maximum absolute atomic E-state index is 8.68. The van der Waals surface area contributed by atoms with Crippen LogP contribution in [0.1, 0.15) is 31.7 Å². The zero-order valence-electron chi connectivity index (χ0n) is 10.7. The van der Waals surface area contributed by atoms with Crippen LogP contribution in [0.2, 0.25) is 0 Å². The lowest BCUT2D eigenvalue weighted by molar-refractivity contribution is 0.0451. The van der Waals surface area contributed by atoms with E-state index in [0.717, 1.165) is 30.6 Å². The van der Waals surface area contributed by atoms with Gasteiger partial charge in [0.25, 0.3) is 0 Å². The standard InChI is InChI=1S/C14H22O3/c1-12(5-3-4-10-15)17-11-13-6-8-14(16-2)9-7-13/h6-9,12,15H,3-5,10-11H2,1-2H3/t12-/m0/s1. The summed E-state index contributed by atoms with van der Waals surface area (Å²) in [5.41, 5.74) is 1.15. The van der Waals surface area contributed by atoms with E-state index in [9.17, 15) is 0 Å². The number of aliphatic hydroxyl groups is 1. The molecule has 96 valence electrons. The van der Waals surface area contributed by atoms with Crippen LogP contribution in [-0.4, -0.2) is 24.9 Å². The van der Waals surface area contributed by atoms with E-state index in [1.165, 1.54) is 0 Å². The Bertz CT molecular complexity index is 295. The minimum atomic E-state index is 0.239. The van der Waals surface area contributed by atoms with E-state index in [2.05, 4.69) is 6.92 Å². The summed E-state index contributed by atoms with van der Waals surface area (Å²) in [4.78, 5) is 0. The van der Waals surface area contributed by atoms with Gasteiger partial charge in [0.1, 0.15) is 5.75 Å². The van der Waals surface area contributed by atoms with Crippen molar-refractivity contribution in [3.8, 4) is 5.75 Å². The normalized spacial score (nSPS) is 12.4. The predicted octanol–water partition coefficient (Wildman–Crippen LogP) is 2.76. The second-order valence-electron chi connectivity index (χ2n) is 4.19. The molecule has 17 heavy (non-hydrogen) atoms. The van der Waals surface area contributed by atoms with E-state index < -0.39 is 0 Å². The average Bonchev–Trinajstić information content (AvgIpc) is 2.37. The zero-order valence-corrected chi connectivity index (χ0v) is 10.7. The monoisotopic (exact) mass is 238 g/mol. The molecule has 1 rings (SSSR count). The first-order valence-corrected chi connectivity index (χ1v) is 6.11. The topological polar surface area (TPSA) is 38.7 Å². The number of methoxy groups -OCH3 is 1. The van der Waals surface area contributed by atoms with Crippen molar-refractivity contribution in [1.29, 1.82) is 0 Å². The van der Waals surface area contributed by atoms with Crippen LogP contribution < -0.4 is 4.74 Å². The first-order chi connectivity index (χ1) is 8.26. The van der Waals surface area contributed by atoms with E-state index >= 15 is 0 Å². The summed E-state index contributed by atoms with van der Waals surface area (Å²) in [6.45, 7) is 2.97. The molecule has 3 nitrogen and oxygen atoms in total. The summed E-state index contributed by atoms with van der Waals surface area (Å²) in [5.74, 6) is 0.866. The highest BCUT2D eigenvalue weighted by Gasteiger charge is 2.02. The highest BCUT2D eigenvalue weighted by molar-refractivity contribution is 5.26. The van der Waals surface area contributed by atoms with Crippen LogP contribution in [-0.2, 0) is 11.3 Å². The van der Waals surface area contributed by atoms with Gasteiger partial charge < -0.3 is 14.6 Å². The van der Waals surface area contributed by atoms with Crippen molar-refractivity contribution in [3.63, 3.8) is 0 Å². The molecule has 0 unspecified atom stereocenters. The highest BCUT2D eigenvalue weighted by atomic mass is 16.5. The van der Waals surface area contributed by atoms with Crippen LogP contribution in [0, 0.1) is 0 Å². The van der Waals surface area contributed by atoms with Crippen LogP contribution in [0.15, 0.2) is 24.3 Å². The highest BCUT2D eigenvalue weighted by Crippen LogP contribution is 2.13. The fraction of sp³-hybridized carbons (Fsp3) is 0.571. The molecule has 0 amide bonds. The van der Waals surface area contributed by atoms with Gasteiger partial charge in [0.2, 0.25) is 0 Å². The number of hydrogen-bond donors (Lipinski definition) is 1. The van der Waals surface area contributed by atoms with Gasteiger partial charge in [-0.15, -0.1) is 0 Å². The van der Waals surface area contributed by atoms with Crippen LogP contribution in [0.25, 0.3) is 0 Å². The van der Waals surface area contributed by atoms with Crippen molar-refractivity contribution in [2.75, 3.05) is 13.7 Å². The smallest absolute Gasteiger partial charge is 0.118 e. The fourth-order valence-corrected chi connectivity index (χ4v) is 1.59. The number of unbranched alkanes of at least 4 members (excludes halogenated alkanes) is 1. The number of benzene rings is 1. The zero-order chi connectivity index (χ0) is 12.5. The number of aliphatic hydroxyl groups excluding tert-OH is 1. The molecular weight excluding hydrogens is 216 g/mol. The Balaban J connectivity index is 2.24. The lowest BCUT2D eigenvalue weighted by atomic mass is 10.2. The summed E-state index contributed by atoms with van der Waals surface area (Å²) in [6.07, 6.45) is 3.11. The Morgan fingerprint density at radius 2 is 1.88 bits per heavy atom. The van der Waals surface area contributed by atoms with Crippen molar-refractivity contribution in [2.45, 2.75) is 38.9 Å². The minimum Gasteiger partial charge on any atom is -0.497 e. The third-order valence-electron chi connectivity index (χ3n) is 2.71. The van der Waals surface area contributed by atoms with Gasteiger partial charge in [0.15, 0.2) is 0 Å². The summed E-state index contributed by atoms with van der Waals surface area (Å²) >= 11 is 0. The second kappa shape index (κ2) is 8.09. The van der Waals surface area contributed by atoms with E-state index in [-0.39, 0.29) is 12.7 Å². The maximum atomic E-state index is 8.68. The molecule has 1 N–H and O–H groups in total. The molecule has 0 aliphatic carbocycles. The molecule has 3 heteroatoms. The summed E-state index contributed by atoms with van der Waals surface area (Å²) in [5, 5.41) is 8.68. The van der Waals surface area contributed by atoms with E-state index in [0.29, 0.717) is 6.61 Å². The van der Waals surface area contributed by atoms with Crippen LogP contribution in [0.4, 0.5) is 0 Å². The molecule has 1 aromatic carbocycles.